The lowest BCUT2D eigenvalue weighted by Gasteiger charge is -2.24. The van der Waals surface area contributed by atoms with Gasteiger partial charge in [-0.15, -0.1) is 0 Å². The molecule has 0 bridgehead atoms. The van der Waals surface area contributed by atoms with E-state index in [1.807, 2.05) is 11.8 Å². The lowest BCUT2D eigenvalue weighted by Crippen LogP contribution is -2.26. The molecule has 0 aliphatic carbocycles. The monoisotopic (exact) mass is 340 g/mol. The van der Waals surface area contributed by atoms with Crippen LogP contribution < -0.4 is 5.32 Å². The molecule has 1 aromatic heterocycles. The second-order valence-electron chi connectivity index (χ2n) is 4.08. The summed E-state index contributed by atoms with van der Waals surface area (Å²) in [6, 6.07) is 1.15. The molecule has 1 saturated heterocycles. The van der Waals surface area contributed by atoms with Gasteiger partial charge in [0.25, 0.3) is 0 Å². The highest BCUT2D eigenvalue weighted by Crippen LogP contribution is 2.36. The fraction of sp³-hybridized carbons (Fsp3) is 0.545. The van der Waals surface area contributed by atoms with Crippen LogP contribution in [0.5, 0.6) is 0 Å². The number of rotatable bonds is 2. The number of hydrogen-bond acceptors (Lipinski definition) is 3. The molecule has 100 valence electrons. The Morgan fingerprint density at radius 1 is 1.33 bits per heavy atom. The van der Waals surface area contributed by atoms with Crippen LogP contribution in [0.1, 0.15) is 18.4 Å². The maximum Gasteiger partial charge on any atom is 0.419 e. The fourth-order valence-corrected chi connectivity index (χ4v) is 3.24. The predicted molar refractivity (Wildman–Crippen MR) is 70.9 cm³/mol. The van der Waals surface area contributed by atoms with Gasteiger partial charge in [-0.05, 0) is 46.3 Å². The molecule has 0 spiro atoms. The molecule has 0 aromatic carbocycles. The molecular weight excluding hydrogens is 329 g/mol. The largest absolute Gasteiger partial charge is 0.419 e. The SMILES string of the molecule is FC(F)(F)c1cc(Br)cnc1NC1CCSCC1. The smallest absolute Gasteiger partial charge is 0.367 e. The lowest BCUT2D eigenvalue weighted by atomic mass is 10.1. The third-order valence-electron chi connectivity index (χ3n) is 2.72. The van der Waals surface area contributed by atoms with Crippen molar-refractivity contribution in [2.24, 2.45) is 0 Å². The first-order chi connectivity index (χ1) is 8.47. The van der Waals surface area contributed by atoms with E-state index in [0.717, 1.165) is 30.4 Å². The Morgan fingerprint density at radius 2 is 2.00 bits per heavy atom. The number of aromatic nitrogens is 1. The number of anilines is 1. The Labute approximate surface area is 116 Å². The van der Waals surface area contributed by atoms with E-state index in [4.69, 9.17) is 0 Å². The van der Waals surface area contributed by atoms with Gasteiger partial charge in [-0.3, -0.25) is 0 Å². The topological polar surface area (TPSA) is 24.9 Å². The quantitative estimate of drug-likeness (QED) is 0.874. The van der Waals surface area contributed by atoms with Gasteiger partial charge in [-0.1, -0.05) is 0 Å². The average Bonchev–Trinajstić information content (AvgIpc) is 2.31. The van der Waals surface area contributed by atoms with Crippen molar-refractivity contribution in [2.45, 2.75) is 25.1 Å². The van der Waals surface area contributed by atoms with Crippen molar-refractivity contribution >= 4 is 33.5 Å². The Kier molecular flexibility index (Phi) is 4.42. The summed E-state index contributed by atoms with van der Waals surface area (Å²) in [7, 11) is 0. The molecule has 0 amide bonds. The highest BCUT2D eigenvalue weighted by atomic mass is 79.9. The van der Waals surface area contributed by atoms with Gasteiger partial charge in [0.1, 0.15) is 5.82 Å². The molecular formula is C11H12BrF3N2S. The Bertz CT molecular complexity index is 419. The van der Waals surface area contributed by atoms with Crippen LogP contribution in [0, 0.1) is 0 Å². The number of nitrogens with one attached hydrogen (secondary N) is 1. The van der Waals surface area contributed by atoms with E-state index in [1.165, 1.54) is 6.20 Å². The molecule has 7 heteroatoms. The molecule has 0 saturated carbocycles. The first-order valence-corrected chi connectivity index (χ1v) is 7.48. The second-order valence-corrected chi connectivity index (χ2v) is 6.22. The molecule has 2 heterocycles. The third kappa shape index (κ3) is 3.54. The van der Waals surface area contributed by atoms with E-state index in [-0.39, 0.29) is 11.9 Å². The zero-order chi connectivity index (χ0) is 13.2. The van der Waals surface area contributed by atoms with Gasteiger partial charge in [-0.2, -0.15) is 24.9 Å². The van der Waals surface area contributed by atoms with Crippen molar-refractivity contribution in [1.29, 1.82) is 0 Å². The normalized spacial score (nSPS) is 17.8. The molecule has 1 N–H and O–H groups in total. The Hall–Kier alpha value is -0.430. The van der Waals surface area contributed by atoms with E-state index < -0.39 is 11.7 Å². The van der Waals surface area contributed by atoms with E-state index >= 15 is 0 Å². The summed E-state index contributed by atoms with van der Waals surface area (Å²) >= 11 is 4.85. The van der Waals surface area contributed by atoms with Crippen molar-refractivity contribution in [3.05, 3.63) is 22.3 Å². The van der Waals surface area contributed by atoms with Crippen LogP contribution >= 0.6 is 27.7 Å². The molecule has 0 radical (unpaired) electrons. The summed E-state index contributed by atoms with van der Waals surface area (Å²) in [5.74, 6) is 1.90. The van der Waals surface area contributed by atoms with Gasteiger partial charge in [0.15, 0.2) is 0 Å². The number of halogens is 4. The Balaban J connectivity index is 2.21. The first kappa shape index (κ1) is 14.0. The van der Waals surface area contributed by atoms with Crippen molar-refractivity contribution in [2.75, 3.05) is 16.8 Å². The van der Waals surface area contributed by atoms with Gasteiger partial charge < -0.3 is 5.32 Å². The van der Waals surface area contributed by atoms with Gasteiger partial charge in [0.05, 0.1) is 5.56 Å². The van der Waals surface area contributed by atoms with Gasteiger partial charge in [-0.25, -0.2) is 4.98 Å². The summed E-state index contributed by atoms with van der Waals surface area (Å²) in [4.78, 5) is 3.85. The summed E-state index contributed by atoms with van der Waals surface area (Å²) in [5.41, 5.74) is -0.713. The molecule has 0 unspecified atom stereocenters. The first-order valence-electron chi connectivity index (χ1n) is 5.54. The summed E-state index contributed by atoms with van der Waals surface area (Å²) < 4.78 is 39.0. The second kappa shape index (κ2) is 5.69. The van der Waals surface area contributed by atoms with Gasteiger partial charge >= 0.3 is 6.18 Å². The summed E-state index contributed by atoms with van der Waals surface area (Å²) in [6.45, 7) is 0. The molecule has 1 aliphatic heterocycles. The maximum atomic E-state index is 12.9. The van der Waals surface area contributed by atoms with Crippen molar-refractivity contribution in [1.82, 2.24) is 4.98 Å². The number of pyridine rings is 1. The third-order valence-corrected chi connectivity index (χ3v) is 4.20. The molecule has 0 atom stereocenters. The number of hydrogen-bond donors (Lipinski definition) is 1. The molecule has 1 aliphatic rings. The van der Waals surface area contributed by atoms with Crippen molar-refractivity contribution in [3.63, 3.8) is 0 Å². The minimum absolute atomic E-state index is 0.0670. The number of alkyl halides is 3. The van der Waals surface area contributed by atoms with Gasteiger partial charge in [0, 0.05) is 16.7 Å². The van der Waals surface area contributed by atoms with Crippen LogP contribution in [0.3, 0.4) is 0 Å². The highest BCUT2D eigenvalue weighted by Gasteiger charge is 2.35. The zero-order valence-electron chi connectivity index (χ0n) is 9.43. The van der Waals surface area contributed by atoms with Crippen molar-refractivity contribution in [3.8, 4) is 0 Å². The minimum atomic E-state index is -4.39. The lowest BCUT2D eigenvalue weighted by molar-refractivity contribution is -0.137. The fourth-order valence-electron chi connectivity index (χ4n) is 1.81. The molecule has 1 fully saturated rings. The molecule has 2 nitrogen and oxygen atoms in total. The van der Waals surface area contributed by atoms with E-state index in [1.54, 1.807) is 0 Å². The Morgan fingerprint density at radius 3 is 2.61 bits per heavy atom. The van der Waals surface area contributed by atoms with Crippen molar-refractivity contribution < 1.29 is 13.2 Å². The van der Waals surface area contributed by atoms with Crippen LogP contribution in [0.25, 0.3) is 0 Å². The highest BCUT2D eigenvalue weighted by molar-refractivity contribution is 9.10. The molecule has 1 aromatic rings. The number of thioether (sulfide) groups is 1. The molecule has 2 rings (SSSR count). The van der Waals surface area contributed by atoms with Gasteiger partial charge in [0.2, 0.25) is 0 Å². The predicted octanol–water partition coefficient (Wildman–Crippen LogP) is 4.17. The van der Waals surface area contributed by atoms with E-state index in [9.17, 15) is 13.2 Å². The number of nitrogens with zero attached hydrogens (tertiary/aromatic N) is 1. The standard InChI is InChI=1S/C11H12BrF3N2S/c12-7-5-9(11(13,14)15)10(16-6-7)17-8-1-3-18-4-2-8/h5-6,8H,1-4H2,(H,16,17). The van der Waals surface area contributed by atoms with Crippen LogP contribution in [0.2, 0.25) is 0 Å². The van der Waals surface area contributed by atoms with Crippen LogP contribution in [0.4, 0.5) is 19.0 Å². The minimum Gasteiger partial charge on any atom is -0.367 e. The van der Waals surface area contributed by atoms with E-state index in [2.05, 4.69) is 26.2 Å². The average molecular weight is 341 g/mol. The van der Waals surface area contributed by atoms with Crippen LogP contribution in [-0.4, -0.2) is 22.5 Å². The van der Waals surface area contributed by atoms with Crippen LogP contribution in [0.15, 0.2) is 16.7 Å². The van der Waals surface area contributed by atoms with E-state index in [0.29, 0.717) is 4.47 Å². The maximum absolute atomic E-state index is 12.9. The molecule has 18 heavy (non-hydrogen) atoms. The zero-order valence-corrected chi connectivity index (χ0v) is 11.8. The summed E-state index contributed by atoms with van der Waals surface area (Å²) in [6.07, 6.45) is -1.25. The summed E-state index contributed by atoms with van der Waals surface area (Å²) in [5, 5.41) is 2.92. The van der Waals surface area contributed by atoms with Crippen LogP contribution in [-0.2, 0) is 6.18 Å².